The standard InChI is InChI=1S/C26H27NO5S/c1-30-22-13-12-19(16-23(22)31-2)14-15-27-25(28)18-33-24-11-7-6-10-21(24)26(29)32-17-20-8-4-3-5-9-20/h3-13,16H,14-15,17-18H2,1-2H3,(H,27,28). The number of carbonyl (C=O) groups excluding carboxylic acids is 2. The van der Waals surface area contributed by atoms with Crippen LogP contribution in [0.25, 0.3) is 0 Å². The van der Waals surface area contributed by atoms with Crippen molar-refractivity contribution >= 4 is 23.6 Å². The van der Waals surface area contributed by atoms with Gasteiger partial charge in [0.1, 0.15) is 6.61 Å². The molecule has 3 rings (SSSR count). The lowest BCUT2D eigenvalue weighted by molar-refractivity contribution is -0.118. The largest absolute Gasteiger partial charge is 0.493 e. The Hall–Kier alpha value is -3.45. The van der Waals surface area contributed by atoms with Gasteiger partial charge in [0.15, 0.2) is 11.5 Å². The second-order valence-electron chi connectivity index (χ2n) is 7.14. The Balaban J connectivity index is 1.48. The summed E-state index contributed by atoms with van der Waals surface area (Å²) in [6, 6.07) is 22.4. The minimum absolute atomic E-state index is 0.104. The Labute approximate surface area is 198 Å². The van der Waals surface area contributed by atoms with Gasteiger partial charge in [0.2, 0.25) is 5.91 Å². The average Bonchev–Trinajstić information content (AvgIpc) is 2.86. The molecule has 0 radical (unpaired) electrons. The quantitative estimate of drug-likeness (QED) is 0.332. The van der Waals surface area contributed by atoms with Gasteiger partial charge >= 0.3 is 5.97 Å². The molecular weight excluding hydrogens is 438 g/mol. The highest BCUT2D eigenvalue weighted by Crippen LogP contribution is 2.27. The number of amides is 1. The first-order valence-corrected chi connectivity index (χ1v) is 11.5. The number of nitrogens with one attached hydrogen (secondary N) is 1. The van der Waals surface area contributed by atoms with E-state index in [1.807, 2.05) is 60.7 Å². The van der Waals surface area contributed by atoms with Crippen LogP contribution in [0, 0.1) is 0 Å². The van der Waals surface area contributed by atoms with E-state index < -0.39 is 5.97 Å². The molecule has 0 aliphatic heterocycles. The second kappa shape index (κ2) is 12.6. The molecule has 7 heteroatoms. The number of carbonyl (C=O) groups is 2. The summed E-state index contributed by atoms with van der Waals surface area (Å²) in [7, 11) is 3.19. The first-order chi connectivity index (χ1) is 16.1. The minimum Gasteiger partial charge on any atom is -0.493 e. The third kappa shape index (κ3) is 7.29. The van der Waals surface area contributed by atoms with Crippen molar-refractivity contribution in [1.82, 2.24) is 5.32 Å². The monoisotopic (exact) mass is 465 g/mol. The topological polar surface area (TPSA) is 73.9 Å². The van der Waals surface area contributed by atoms with Crippen LogP contribution in [0.4, 0.5) is 0 Å². The molecule has 0 fully saturated rings. The molecule has 0 aliphatic carbocycles. The van der Waals surface area contributed by atoms with Crippen molar-refractivity contribution in [2.24, 2.45) is 0 Å². The maximum Gasteiger partial charge on any atom is 0.339 e. The Morgan fingerprint density at radius 1 is 0.848 bits per heavy atom. The van der Waals surface area contributed by atoms with Crippen LogP contribution in [-0.4, -0.2) is 38.4 Å². The molecule has 0 aromatic heterocycles. The van der Waals surface area contributed by atoms with Gasteiger partial charge in [-0.3, -0.25) is 4.79 Å². The predicted octanol–water partition coefficient (Wildman–Crippen LogP) is 4.51. The van der Waals surface area contributed by atoms with Crippen molar-refractivity contribution in [2.45, 2.75) is 17.9 Å². The zero-order chi connectivity index (χ0) is 23.5. The normalized spacial score (nSPS) is 10.4. The van der Waals surface area contributed by atoms with E-state index in [0.29, 0.717) is 34.9 Å². The van der Waals surface area contributed by atoms with Gasteiger partial charge in [0.05, 0.1) is 25.5 Å². The van der Waals surface area contributed by atoms with Crippen LogP contribution in [0.1, 0.15) is 21.5 Å². The van der Waals surface area contributed by atoms with Gasteiger partial charge in [0.25, 0.3) is 0 Å². The van der Waals surface area contributed by atoms with E-state index in [1.165, 1.54) is 11.8 Å². The lowest BCUT2D eigenvalue weighted by Crippen LogP contribution is -2.27. The van der Waals surface area contributed by atoms with Crippen LogP contribution in [0.15, 0.2) is 77.7 Å². The number of thioether (sulfide) groups is 1. The van der Waals surface area contributed by atoms with Crippen LogP contribution in [0.5, 0.6) is 11.5 Å². The number of ether oxygens (including phenoxy) is 3. The van der Waals surface area contributed by atoms with Crippen LogP contribution < -0.4 is 14.8 Å². The minimum atomic E-state index is -0.407. The molecule has 0 unspecified atom stereocenters. The van der Waals surface area contributed by atoms with E-state index in [0.717, 1.165) is 11.1 Å². The number of hydrogen-bond acceptors (Lipinski definition) is 6. The lowest BCUT2D eigenvalue weighted by Gasteiger charge is -2.11. The molecule has 0 saturated carbocycles. The summed E-state index contributed by atoms with van der Waals surface area (Å²) < 4.78 is 16.0. The van der Waals surface area contributed by atoms with E-state index >= 15 is 0 Å². The Bertz CT molecular complexity index is 1070. The molecule has 1 N–H and O–H groups in total. The van der Waals surface area contributed by atoms with Gasteiger partial charge in [-0.15, -0.1) is 11.8 Å². The molecule has 0 spiro atoms. The first kappa shape index (κ1) is 24.2. The summed E-state index contributed by atoms with van der Waals surface area (Å²) in [6.45, 7) is 0.699. The molecule has 1 amide bonds. The Kier molecular flexibility index (Phi) is 9.20. The predicted molar refractivity (Wildman–Crippen MR) is 129 cm³/mol. The maximum atomic E-state index is 12.6. The van der Waals surface area contributed by atoms with E-state index in [1.54, 1.807) is 26.4 Å². The molecular formula is C26H27NO5S. The summed E-state index contributed by atoms with van der Waals surface area (Å²) in [5.41, 5.74) is 2.41. The van der Waals surface area contributed by atoms with E-state index in [4.69, 9.17) is 14.2 Å². The van der Waals surface area contributed by atoms with Gasteiger partial charge in [-0.2, -0.15) is 0 Å². The van der Waals surface area contributed by atoms with E-state index in [-0.39, 0.29) is 18.3 Å². The van der Waals surface area contributed by atoms with Gasteiger partial charge in [0, 0.05) is 11.4 Å². The maximum absolute atomic E-state index is 12.6. The van der Waals surface area contributed by atoms with Crippen LogP contribution in [0.3, 0.4) is 0 Å². The smallest absolute Gasteiger partial charge is 0.339 e. The van der Waals surface area contributed by atoms with Gasteiger partial charge < -0.3 is 19.5 Å². The highest BCUT2D eigenvalue weighted by atomic mass is 32.2. The fourth-order valence-electron chi connectivity index (χ4n) is 3.14. The molecule has 0 atom stereocenters. The summed E-state index contributed by atoms with van der Waals surface area (Å²) in [5, 5.41) is 2.91. The van der Waals surface area contributed by atoms with Crippen LogP contribution in [-0.2, 0) is 22.6 Å². The summed E-state index contributed by atoms with van der Waals surface area (Å²) in [5.74, 6) is 1.02. The highest BCUT2D eigenvalue weighted by molar-refractivity contribution is 8.00. The van der Waals surface area contributed by atoms with E-state index in [2.05, 4.69) is 5.32 Å². The Morgan fingerprint density at radius 3 is 2.33 bits per heavy atom. The lowest BCUT2D eigenvalue weighted by atomic mass is 10.1. The van der Waals surface area contributed by atoms with Crippen molar-refractivity contribution in [3.63, 3.8) is 0 Å². The summed E-state index contributed by atoms with van der Waals surface area (Å²) >= 11 is 1.31. The molecule has 0 bridgehead atoms. The number of benzene rings is 3. The van der Waals surface area contributed by atoms with Crippen molar-refractivity contribution in [3.8, 4) is 11.5 Å². The number of rotatable bonds is 11. The van der Waals surface area contributed by atoms with Crippen LogP contribution >= 0.6 is 11.8 Å². The van der Waals surface area contributed by atoms with Gasteiger partial charge in [-0.1, -0.05) is 48.5 Å². The molecule has 33 heavy (non-hydrogen) atoms. The fourth-order valence-corrected chi connectivity index (χ4v) is 4.01. The highest BCUT2D eigenvalue weighted by Gasteiger charge is 2.14. The number of methoxy groups -OCH3 is 2. The van der Waals surface area contributed by atoms with Crippen molar-refractivity contribution < 1.29 is 23.8 Å². The summed E-state index contributed by atoms with van der Waals surface area (Å²) in [4.78, 5) is 25.6. The average molecular weight is 466 g/mol. The fraction of sp³-hybridized carbons (Fsp3) is 0.231. The molecule has 0 aliphatic rings. The molecule has 3 aromatic carbocycles. The third-order valence-electron chi connectivity index (χ3n) is 4.86. The van der Waals surface area contributed by atoms with Crippen molar-refractivity contribution in [3.05, 3.63) is 89.5 Å². The number of esters is 1. The molecule has 172 valence electrons. The van der Waals surface area contributed by atoms with Gasteiger partial charge in [-0.05, 0) is 41.8 Å². The Morgan fingerprint density at radius 2 is 1.58 bits per heavy atom. The van der Waals surface area contributed by atoms with E-state index in [9.17, 15) is 9.59 Å². The zero-order valence-electron chi connectivity index (χ0n) is 18.7. The second-order valence-corrected chi connectivity index (χ2v) is 8.15. The molecule has 3 aromatic rings. The first-order valence-electron chi connectivity index (χ1n) is 10.5. The SMILES string of the molecule is COc1ccc(CCNC(=O)CSc2ccccc2C(=O)OCc2ccccc2)cc1OC. The van der Waals surface area contributed by atoms with Gasteiger partial charge in [-0.25, -0.2) is 4.79 Å². The van der Waals surface area contributed by atoms with Crippen molar-refractivity contribution in [1.29, 1.82) is 0 Å². The molecule has 0 heterocycles. The van der Waals surface area contributed by atoms with Crippen LogP contribution in [0.2, 0.25) is 0 Å². The molecule has 6 nitrogen and oxygen atoms in total. The van der Waals surface area contributed by atoms with Crippen molar-refractivity contribution in [2.75, 3.05) is 26.5 Å². The summed E-state index contributed by atoms with van der Waals surface area (Å²) in [6.07, 6.45) is 0.666. The third-order valence-corrected chi connectivity index (χ3v) is 5.94. The molecule has 0 saturated heterocycles. The zero-order valence-corrected chi connectivity index (χ0v) is 19.5. The number of hydrogen-bond donors (Lipinski definition) is 1.